The molecule has 0 spiro atoms. The third kappa shape index (κ3) is 3.34. The summed E-state index contributed by atoms with van der Waals surface area (Å²) in [5.74, 6) is 0.156. The van der Waals surface area contributed by atoms with Gasteiger partial charge in [-0.1, -0.05) is 60.2 Å². The number of carbonyl (C=O) groups excluding carboxylic acids is 1. The van der Waals surface area contributed by atoms with Crippen LogP contribution < -0.4 is 0 Å². The summed E-state index contributed by atoms with van der Waals surface area (Å²) in [4.78, 5) is 14.7. The molecule has 0 bridgehead atoms. The van der Waals surface area contributed by atoms with Crippen molar-refractivity contribution in [2.24, 2.45) is 0 Å². The summed E-state index contributed by atoms with van der Waals surface area (Å²) in [5, 5.41) is 0. The molecule has 2 aromatic rings. The lowest BCUT2D eigenvalue weighted by Gasteiger charge is -2.39. The van der Waals surface area contributed by atoms with Crippen molar-refractivity contribution in [1.82, 2.24) is 4.90 Å². The maximum Gasteiger partial charge on any atom is 0.249 e. The molecule has 2 aliphatic heterocycles. The van der Waals surface area contributed by atoms with E-state index < -0.39 is 0 Å². The second-order valence-electron chi connectivity index (χ2n) is 7.27. The summed E-state index contributed by atoms with van der Waals surface area (Å²) < 4.78 is 5.95. The van der Waals surface area contributed by atoms with E-state index in [0.717, 1.165) is 25.7 Å². The van der Waals surface area contributed by atoms with E-state index in [0.29, 0.717) is 6.04 Å². The number of hydrogen-bond donors (Lipinski definition) is 0. The number of hydrogen-bond acceptors (Lipinski definition) is 2. The predicted octanol–water partition coefficient (Wildman–Crippen LogP) is 4.06. The van der Waals surface area contributed by atoms with Crippen LogP contribution in [0.1, 0.15) is 42.1 Å². The molecule has 3 heteroatoms. The largest absolute Gasteiger partial charge is 0.362 e. The van der Waals surface area contributed by atoms with E-state index in [2.05, 4.69) is 60.4 Å². The first-order valence-corrected chi connectivity index (χ1v) is 9.25. The summed E-state index contributed by atoms with van der Waals surface area (Å²) in [6.45, 7) is 2.30. The Morgan fingerprint density at radius 3 is 2.56 bits per heavy atom. The normalized spacial score (nSPS) is 25.9. The topological polar surface area (TPSA) is 29.5 Å². The summed E-state index contributed by atoms with van der Waals surface area (Å²) in [7, 11) is 0. The minimum absolute atomic E-state index is 0.0139. The van der Waals surface area contributed by atoms with Gasteiger partial charge in [-0.05, 0) is 43.7 Å². The van der Waals surface area contributed by atoms with Crippen molar-refractivity contribution in [1.29, 1.82) is 0 Å². The van der Waals surface area contributed by atoms with E-state index in [4.69, 9.17) is 4.74 Å². The molecule has 1 amide bonds. The first kappa shape index (κ1) is 16.3. The van der Waals surface area contributed by atoms with Gasteiger partial charge in [0.1, 0.15) is 12.7 Å². The number of benzene rings is 2. The van der Waals surface area contributed by atoms with E-state index in [1.807, 2.05) is 6.07 Å². The molecule has 3 nitrogen and oxygen atoms in total. The number of carbonyl (C=O) groups is 1. The van der Waals surface area contributed by atoms with Crippen LogP contribution in [0.25, 0.3) is 0 Å². The molecule has 25 heavy (non-hydrogen) atoms. The molecule has 0 N–H and O–H groups in total. The van der Waals surface area contributed by atoms with E-state index in [1.165, 1.54) is 16.7 Å². The van der Waals surface area contributed by atoms with Crippen LogP contribution in [0.5, 0.6) is 0 Å². The van der Waals surface area contributed by atoms with Crippen LogP contribution in [0.4, 0.5) is 0 Å². The summed E-state index contributed by atoms with van der Waals surface area (Å²) >= 11 is 0. The molecule has 0 unspecified atom stereocenters. The van der Waals surface area contributed by atoms with Gasteiger partial charge in [0.25, 0.3) is 0 Å². The Hall–Kier alpha value is -2.13. The Bertz CT molecular complexity index is 725. The van der Waals surface area contributed by atoms with Crippen LogP contribution in [-0.4, -0.2) is 29.5 Å². The highest BCUT2D eigenvalue weighted by Crippen LogP contribution is 2.39. The van der Waals surface area contributed by atoms with E-state index >= 15 is 0 Å². The van der Waals surface area contributed by atoms with Gasteiger partial charge >= 0.3 is 0 Å². The minimum atomic E-state index is 0.0139. The van der Waals surface area contributed by atoms with Gasteiger partial charge in [-0.2, -0.15) is 0 Å². The maximum absolute atomic E-state index is 12.5. The van der Waals surface area contributed by atoms with Gasteiger partial charge in [0.2, 0.25) is 5.91 Å². The van der Waals surface area contributed by atoms with Crippen molar-refractivity contribution in [2.45, 2.75) is 50.8 Å². The Kier molecular flexibility index (Phi) is 4.58. The van der Waals surface area contributed by atoms with Crippen LogP contribution >= 0.6 is 0 Å². The molecule has 0 saturated carbocycles. The fraction of sp³-hybridized carbons (Fsp3) is 0.409. The van der Waals surface area contributed by atoms with Crippen molar-refractivity contribution in [3.8, 4) is 0 Å². The number of ether oxygens (including phenoxy) is 1. The predicted molar refractivity (Wildman–Crippen MR) is 98.3 cm³/mol. The molecule has 2 aliphatic rings. The number of nitrogens with zero attached hydrogens (tertiary/aromatic N) is 1. The van der Waals surface area contributed by atoms with E-state index in [9.17, 15) is 4.79 Å². The molecule has 0 aromatic heterocycles. The van der Waals surface area contributed by atoms with Gasteiger partial charge in [0, 0.05) is 6.04 Å². The van der Waals surface area contributed by atoms with Crippen LogP contribution in [-0.2, 0) is 16.0 Å². The molecular formula is C22H25NO2. The Morgan fingerprint density at radius 1 is 1.04 bits per heavy atom. The number of fused-ring (bicyclic) bond motifs is 1. The van der Waals surface area contributed by atoms with Crippen LogP contribution in [0, 0.1) is 6.92 Å². The monoisotopic (exact) mass is 335 g/mol. The van der Waals surface area contributed by atoms with Gasteiger partial charge in [-0.3, -0.25) is 4.79 Å². The Balaban J connectivity index is 1.48. The zero-order chi connectivity index (χ0) is 17.2. The minimum Gasteiger partial charge on any atom is -0.362 e. The molecule has 2 fully saturated rings. The second kappa shape index (κ2) is 7.01. The molecule has 4 rings (SSSR count). The number of aryl methyl sites for hydroxylation is 2. The highest BCUT2D eigenvalue weighted by molar-refractivity contribution is 5.79. The third-order valence-electron chi connectivity index (χ3n) is 5.59. The number of amides is 1. The molecule has 0 aliphatic carbocycles. The number of rotatable bonds is 4. The molecular weight excluding hydrogens is 310 g/mol. The van der Waals surface area contributed by atoms with E-state index in [-0.39, 0.29) is 24.7 Å². The highest BCUT2D eigenvalue weighted by atomic mass is 16.5. The summed E-state index contributed by atoms with van der Waals surface area (Å²) in [5.41, 5.74) is 3.79. The van der Waals surface area contributed by atoms with Crippen molar-refractivity contribution < 1.29 is 9.53 Å². The van der Waals surface area contributed by atoms with Gasteiger partial charge in [-0.15, -0.1) is 0 Å². The smallest absolute Gasteiger partial charge is 0.249 e. The lowest BCUT2D eigenvalue weighted by Crippen LogP contribution is -2.50. The zero-order valence-electron chi connectivity index (χ0n) is 14.7. The average Bonchev–Trinajstić information content (AvgIpc) is 3.07. The van der Waals surface area contributed by atoms with Gasteiger partial charge < -0.3 is 9.64 Å². The maximum atomic E-state index is 12.5. The van der Waals surface area contributed by atoms with Crippen LogP contribution in [0.15, 0.2) is 54.6 Å². The molecule has 2 heterocycles. The fourth-order valence-electron chi connectivity index (χ4n) is 4.28. The first-order valence-electron chi connectivity index (χ1n) is 9.25. The molecule has 130 valence electrons. The van der Waals surface area contributed by atoms with Crippen LogP contribution in [0.2, 0.25) is 0 Å². The summed E-state index contributed by atoms with van der Waals surface area (Å²) in [6.07, 6.45) is 4.18. The molecule has 0 radical (unpaired) electrons. The van der Waals surface area contributed by atoms with Crippen molar-refractivity contribution in [3.63, 3.8) is 0 Å². The van der Waals surface area contributed by atoms with Gasteiger partial charge in [0.05, 0.1) is 6.04 Å². The zero-order valence-corrected chi connectivity index (χ0v) is 14.7. The fourth-order valence-corrected chi connectivity index (χ4v) is 4.28. The molecule has 2 aromatic carbocycles. The number of morpholine rings is 1. The average molecular weight is 335 g/mol. The lowest BCUT2D eigenvalue weighted by molar-refractivity contribution is -0.157. The Labute approximate surface area is 149 Å². The lowest BCUT2D eigenvalue weighted by atomic mass is 9.98. The van der Waals surface area contributed by atoms with Crippen molar-refractivity contribution in [3.05, 3.63) is 71.3 Å². The third-order valence-corrected chi connectivity index (χ3v) is 5.59. The SMILES string of the molecule is Cc1ccc([C@H]2OCC(=O)N3[C@H](CCc4ccccc4)CC[C@@H]23)cc1. The first-order chi connectivity index (χ1) is 12.2. The van der Waals surface area contributed by atoms with Gasteiger partial charge in [0.15, 0.2) is 0 Å². The second-order valence-corrected chi connectivity index (χ2v) is 7.27. The standard InChI is InChI=1S/C22H25NO2/c1-16-7-10-18(11-8-16)22-20-14-13-19(23(20)21(24)15-25-22)12-9-17-5-3-2-4-6-17/h2-8,10-11,19-20,22H,9,12-15H2,1H3/t19-,20+,22-/m1/s1. The quantitative estimate of drug-likeness (QED) is 0.843. The van der Waals surface area contributed by atoms with Crippen LogP contribution in [0.3, 0.4) is 0 Å². The molecule has 2 saturated heterocycles. The highest BCUT2D eigenvalue weighted by Gasteiger charge is 2.44. The van der Waals surface area contributed by atoms with Gasteiger partial charge in [-0.25, -0.2) is 0 Å². The van der Waals surface area contributed by atoms with Crippen molar-refractivity contribution in [2.75, 3.05) is 6.61 Å². The van der Waals surface area contributed by atoms with E-state index in [1.54, 1.807) is 0 Å². The molecule has 3 atom stereocenters. The summed E-state index contributed by atoms with van der Waals surface area (Å²) in [6, 6.07) is 19.6. The van der Waals surface area contributed by atoms with Crippen molar-refractivity contribution >= 4 is 5.91 Å². The Morgan fingerprint density at radius 2 is 1.80 bits per heavy atom.